The first-order valence-electron chi connectivity index (χ1n) is 12.5. The van der Waals surface area contributed by atoms with Gasteiger partial charge in [-0.15, -0.1) is 0 Å². The minimum Gasteiger partial charge on any atom is -0.493 e. The lowest BCUT2D eigenvalue weighted by molar-refractivity contribution is -0.00909. The Kier molecular flexibility index (Phi) is 9.23. The largest absolute Gasteiger partial charge is 0.493 e. The summed E-state index contributed by atoms with van der Waals surface area (Å²) in [6, 6.07) is 14.9. The van der Waals surface area contributed by atoms with Crippen molar-refractivity contribution in [1.82, 2.24) is 14.9 Å². The molecule has 8 nitrogen and oxygen atoms in total. The summed E-state index contributed by atoms with van der Waals surface area (Å²) in [5, 5.41) is 11.2. The highest BCUT2D eigenvalue weighted by atomic mass is 19.1. The van der Waals surface area contributed by atoms with Gasteiger partial charge in [0.2, 0.25) is 0 Å². The molecule has 3 aromatic carbocycles. The molecule has 0 saturated heterocycles. The number of aliphatic hydroxyl groups excluding tert-OH is 1. The van der Waals surface area contributed by atoms with Crippen LogP contribution in [0.25, 0.3) is 10.9 Å². The first-order chi connectivity index (χ1) is 18.8. The number of aromatic nitrogens is 2. The van der Waals surface area contributed by atoms with Gasteiger partial charge >= 0.3 is 0 Å². The topological polar surface area (TPSA) is 96.9 Å². The van der Waals surface area contributed by atoms with Crippen molar-refractivity contribution in [1.29, 1.82) is 0 Å². The molecule has 0 bridgehead atoms. The van der Waals surface area contributed by atoms with Crippen molar-refractivity contribution in [3.63, 3.8) is 0 Å². The highest BCUT2D eigenvalue weighted by molar-refractivity contribution is 5.81. The maximum absolute atomic E-state index is 13.5. The van der Waals surface area contributed by atoms with Crippen LogP contribution < -0.4 is 15.0 Å². The molecule has 4 aromatic rings. The first-order valence-corrected chi connectivity index (χ1v) is 12.5. The molecule has 206 valence electrons. The van der Waals surface area contributed by atoms with E-state index in [1.165, 1.54) is 38.5 Å². The fourth-order valence-electron chi connectivity index (χ4n) is 4.32. The third kappa shape index (κ3) is 6.97. The molecular formula is C29H31F2N3O5. The van der Waals surface area contributed by atoms with Gasteiger partial charge in [0.15, 0.2) is 11.5 Å². The lowest BCUT2D eigenvalue weighted by Gasteiger charge is -2.25. The van der Waals surface area contributed by atoms with E-state index in [-0.39, 0.29) is 36.9 Å². The van der Waals surface area contributed by atoms with Gasteiger partial charge in [0, 0.05) is 12.6 Å². The van der Waals surface area contributed by atoms with Crippen LogP contribution in [-0.4, -0.2) is 60.0 Å². The molecule has 0 amide bonds. The highest BCUT2D eigenvalue weighted by Crippen LogP contribution is 2.30. The van der Waals surface area contributed by atoms with Gasteiger partial charge in [0.05, 0.1) is 44.4 Å². The molecule has 0 aliphatic heterocycles. The van der Waals surface area contributed by atoms with Crippen molar-refractivity contribution in [2.45, 2.75) is 25.7 Å². The van der Waals surface area contributed by atoms with Crippen LogP contribution in [0.3, 0.4) is 0 Å². The fraction of sp³-hybridized carbons (Fsp3) is 0.310. The Bertz CT molecular complexity index is 1400. The Morgan fingerprint density at radius 3 is 2.05 bits per heavy atom. The predicted octanol–water partition coefficient (Wildman–Crippen LogP) is 4.21. The molecule has 1 atom stereocenters. The summed E-state index contributed by atoms with van der Waals surface area (Å²) in [5.74, 6) is 0.570. The Morgan fingerprint density at radius 2 is 1.51 bits per heavy atom. The third-order valence-electron chi connectivity index (χ3n) is 6.35. The van der Waals surface area contributed by atoms with Crippen molar-refractivity contribution in [3.05, 3.63) is 99.6 Å². The van der Waals surface area contributed by atoms with Gasteiger partial charge < -0.3 is 24.3 Å². The van der Waals surface area contributed by atoms with E-state index >= 15 is 0 Å². The van der Waals surface area contributed by atoms with Crippen LogP contribution >= 0.6 is 0 Å². The zero-order chi connectivity index (χ0) is 27.9. The van der Waals surface area contributed by atoms with Gasteiger partial charge in [-0.25, -0.2) is 13.8 Å². The molecule has 1 heterocycles. The van der Waals surface area contributed by atoms with Crippen LogP contribution in [0.15, 0.2) is 65.5 Å². The van der Waals surface area contributed by atoms with Crippen LogP contribution in [0.4, 0.5) is 8.78 Å². The average Bonchev–Trinajstić information content (AvgIpc) is 2.93. The minimum atomic E-state index is -0.884. The quantitative estimate of drug-likeness (QED) is 0.279. The van der Waals surface area contributed by atoms with Crippen LogP contribution in [0, 0.1) is 11.6 Å². The van der Waals surface area contributed by atoms with Crippen LogP contribution in [0.2, 0.25) is 0 Å². The zero-order valence-corrected chi connectivity index (χ0v) is 22.0. The van der Waals surface area contributed by atoms with Gasteiger partial charge in [-0.1, -0.05) is 31.2 Å². The molecule has 10 heteroatoms. The fourth-order valence-corrected chi connectivity index (χ4v) is 4.32. The standard InChI is InChI=1S/C29H31F2N3O5/c1-4-34(16-27-32-24-14-26(38-3)25(37-2)13-23(24)29(36)33-27)15-22(35)17-39-28(18-5-9-20(30)10-6-18)19-7-11-21(31)12-8-19/h5-14,22,28,35H,4,15-17H2,1-3H3,(H,32,33,36)/t22-/m1/s1. The Balaban J connectivity index is 1.46. The van der Waals surface area contributed by atoms with Crippen molar-refractivity contribution < 1.29 is 28.1 Å². The lowest BCUT2D eigenvalue weighted by Crippen LogP contribution is -2.35. The second-order valence-corrected chi connectivity index (χ2v) is 9.03. The molecule has 0 fully saturated rings. The van der Waals surface area contributed by atoms with E-state index < -0.39 is 12.2 Å². The molecule has 39 heavy (non-hydrogen) atoms. The number of hydrogen-bond donors (Lipinski definition) is 2. The molecule has 0 radical (unpaired) electrons. The number of hydrogen-bond acceptors (Lipinski definition) is 7. The Hall–Kier alpha value is -3.86. The Morgan fingerprint density at radius 1 is 0.949 bits per heavy atom. The second-order valence-electron chi connectivity index (χ2n) is 9.03. The number of likely N-dealkylation sites (N-methyl/N-ethyl adjacent to an activating group) is 1. The van der Waals surface area contributed by atoms with Gasteiger partial charge in [0.25, 0.3) is 5.56 Å². The third-order valence-corrected chi connectivity index (χ3v) is 6.35. The number of ether oxygens (including phenoxy) is 3. The van der Waals surface area contributed by atoms with Crippen molar-refractivity contribution in [3.8, 4) is 11.5 Å². The summed E-state index contributed by atoms with van der Waals surface area (Å²) < 4.78 is 43.6. The van der Waals surface area contributed by atoms with Gasteiger partial charge in [-0.05, 0) is 48.0 Å². The second kappa shape index (κ2) is 12.8. The highest BCUT2D eigenvalue weighted by Gasteiger charge is 2.20. The number of nitrogens with zero attached hydrogens (tertiary/aromatic N) is 2. The number of benzene rings is 3. The summed E-state index contributed by atoms with van der Waals surface area (Å²) in [5.41, 5.74) is 1.50. The predicted molar refractivity (Wildman–Crippen MR) is 143 cm³/mol. The maximum Gasteiger partial charge on any atom is 0.258 e. The monoisotopic (exact) mass is 539 g/mol. The normalized spacial score (nSPS) is 12.3. The minimum absolute atomic E-state index is 0.0332. The molecule has 0 unspecified atom stereocenters. The van der Waals surface area contributed by atoms with E-state index in [0.717, 1.165) is 0 Å². The van der Waals surface area contributed by atoms with E-state index in [0.29, 0.717) is 45.9 Å². The first kappa shape index (κ1) is 28.2. The lowest BCUT2D eigenvalue weighted by atomic mass is 10.0. The van der Waals surface area contributed by atoms with Crippen molar-refractivity contribution >= 4 is 10.9 Å². The van der Waals surface area contributed by atoms with E-state index in [9.17, 15) is 18.7 Å². The van der Waals surface area contributed by atoms with Crippen LogP contribution in [0.1, 0.15) is 30.0 Å². The Labute approximate surface area is 224 Å². The number of methoxy groups -OCH3 is 2. The molecule has 0 spiro atoms. The number of rotatable bonds is 12. The van der Waals surface area contributed by atoms with Gasteiger partial charge in [0.1, 0.15) is 23.6 Å². The molecule has 0 saturated carbocycles. The van der Waals surface area contributed by atoms with Crippen molar-refractivity contribution in [2.24, 2.45) is 0 Å². The smallest absolute Gasteiger partial charge is 0.258 e. The summed E-state index contributed by atoms with van der Waals surface area (Å²) in [7, 11) is 3.01. The summed E-state index contributed by atoms with van der Waals surface area (Å²) in [6.45, 7) is 3.00. The number of aliphatic hydroxyl groups is 1. The summed E-state index contributed by atoms with van der Waals surface area (Å²) >= 11 is 0. The summed E-state index contributed by atoms with van der Waals surface area (Å²) in [4.78, 5) is 22.0. The molecule has 0 aliphatic rings. The average molecular weight is 540 g/mol. The molecular weight excluding hydrogens is 508 g/mol. The molecule has 4 rings (SSSR count). The number of H-pyrrole nitrogens is 1. The molecule has 0 aliphatic carbocycles. The van der Waals surface area contributed by atoms with E-state index in [1.54, 1.807) is 36.4 Å². The SMILES string of the molecule is CCN(Cc1nc2cc(OC)c(OC)cc2c(=O)[nH]1)C[C@@H](O)COC(c1ccc(F)cc1)c1ccc(F)cc1. The molecule has 1 aromatic heterocycles. The maximum atomic E-state index is 13.5. The van der Waals surface area contributed by atoms with Crippen LogP contribution in [-0.2, 0) is 11.3 Å². The van der Waals surface area contributed by atoms with E-state index in [4.69, 9.17) is 14.2 Å². The van der Waals surface area contributed by atoms with Gasteiger partial charge in [-0.3, -0.25) is 9.69 Å². The van der Waals surface area contributed by atoms with Crippen molar-refractivity contribution in [2.75, 3.05) is 33.9 Å². The number of halogens is 2. The molecule has 2 N–H and O–H groups in total. The number of nitrogens with one attached hydrogen (secondary N) is 1. The number of aromatic amines is 1. The zero-order valence-electron chi connectivity index (χ0n) is 22.0. The number of fused-ring (bicyclic) bond motifs is 1. The van der Waals surface area contributed by atoms with Gasteiger partial charge in [-0.2, -0.15) is 0 Å². The van der Waals surface area contributed by atoms with Crippen LogP contribution in [0.5, 0.6) is 11.5 Å². The summed E-state index contributed by atoms with van der Waals surface area (Å²) in [6.07, 6.45) is -1.51. The van der Waals surface area contributed by atoms with E-state index in [1.807, 2.05) is 11.8 Å². The van der Waals surface area contributed by atoms with E-state index in [2.05, 4.69) is 9.97 Å².